The lowest BCUT2D eigenvalue weighted by atomic mass is 9.95. The zero-order valence-electron chi connectivity index (χ0n) is 20.7. The number of carbonyl (C=O) groups excluding carboxylic acids is 2. The van der Waals surface area contributed by atoms with Crippen molar-refractivity contribution in [2.75, 3.05) is 39.3 Å². The molecule has 2 fully saturated rings. The fraction of sp³-hybridized carbons (Fsp3) is 0.577. The highest BCUT2D eigenvalue weighted by molar-refractivity contribution is 5.94. The van der Waals surface area contributed by atoms with Gasteiger partial charge in [-0.15, -0.1) is 0 Å². The molecule has 8 nitrogen and oxygen atoms in total. The van der Waals surface area contributed by atoms with E-state index in [4.69, 9.17) is 9.47 Å². The standard InChI is InChI=1S/C26H36N4O4/c1-5-33-26(32)24-14-27-30(20(24)4)23-8-6-22(7-9-23)25(31)29-12-10-21(11-13-29)17-28-15-18(2)34-19(3)16-28/h6-9,14,18-19,21H,5,10-13,15-17H2,1-4H3. The van der Waals surface area contributed by atoms with Crippen LogP contribution in [0.2, 0.25) is 0 Å². The maximum atomic E-state index is 13.1. The van der Waals surface area contributed by atoms with E-state index in [2.05, 4.69) is 23.8 Å². The van der Waals surface area contributed by atoms with Gasteiger partial charge in [0.2, 0.25) is 0 Å². The summed E-state index contributed by atoms with van der Waals surface area (Å²) in [5, 5.41) is 4.33. The average molecular weight is 469 g/mol. The molecule has 0 N–H and O–H groups in total. The van der Waals surface area contributed by atoms with Crippen molar-refractivity contribution < 1.29 is 19.1 Å². The summed E-state index contributed by atoms with van der Waals surface area (Å²) in [4.78, 5) is 29.6. The minimum Gasteiger partial charge on any atom is -0.462 e. The molecule has 34 heavy (non-hydrogen) atoms. The number of morpholine rings is 1. The van der Waals surface area contributed by atoms with Crippen LogP contribution in [0.3, 0.4) is 0 Å². The minimum absolute atomic E-state index is 0.0722. The van der Waals surface area contributed by atoms with E-state index < -0.39 is 0 Å². The van der Waals surface area contributed by atoms with Crippen LogP contribution in [0.1, 0.15) is 60.0 Å². The zero-order valence-corrected chi connectivity index (χ0v) is 20.7. The molecule has 2 unspecified atom stereocenters. The van der Waals surface area contributed by atoms with Crippen LogP contribution in [-0.4, -0.2) is 83.0 Å². The van der Waals surface area contributed by atoms with Crippen LogP contribution in [0.5, 0.6) is 0 Å². The quantitative estimate of drug-likeness (QED) is 0.606. The van der Waals surface area contributed by atoms with Crippen molar-refractivity contribution in [1.82, 2.24) is 19.6 Å². The Bertz CT molecular complexity index is 985. The third-order valence-electron chi connectivity index (χ3n) is 6.78. The van der Waals surface area contributed by atoms with Crippen molar-refractivity contribution in [2.45, 2.75) is 52.7 Å². The van der Waals surface area contributed by atoms with Crippen molar-refractivity contribution in [3.05, 3.63) is 47.3 Å². The monoisotopic (exact) mass is 468 g/mol. The number of rotatable bonds is 6. The number of esters is 1. The maximum absolute atomic E-state index is 13.1. The van der Waals surface area contributed by atoms with Crippen molar-refractivity contribution in [2.24, 2.45) is 5.92 Å². The van der Waals surface area contributed by atoms with Gasteiger partial charge in [-0.25, -0.2) is 9.48 Å². The first-order chi connectivity index (χ1) is 16.4. The van der Waals surface area contributed by atoms with Crippen LogP contribution in [0.15, 0.2) is 30.5 Å². The number of hydrogen-bond acceptors (Lipinski definition) is 6. The maximum Gasteiger partial charge on any atom is 0.341 e. The van der Waals surface area contributed by atoms with Crippen LogP contribution < -0.4 is 0 Å². The van der Waals surface area contributed by atoms with Crippen LogP contribution in [0.25, 0.3) is 5.69 Å². The third kappa shape index (κ3) is 5.50. The van der Waals surface area contributed by atoms with Crippen LogP contribution >= 0.6 is 0 Å². The number of amides is 1. The van der Waals surface area contributed by atoms with E-state index in [0.717, 1.165) is 51.3 Å². The molecule has 0 spiro atoms. The summed E-state index contributed by atoms with van der Waals surface area (Å²) in [7, 11) is 0. The zero-order chi connectivity index (χ0) is 24.2. The highest BCUT2D eigenvalue weighted by Crippen LogP contribution is 2.23. The van der Waals surface area contributed by atoms with Crippen LogP contribution in [0, 0.1) is 12.8 Å². The largest absolute Gasteiger partial charge is 0.462 e. The number of piperidine rings is 1. The van der Waals surface area contributed by atoms with E-state index in [-0.39, 0.29) is 24.1 Å². The molecule has 0 aliphatic carbocycles. The summed E-state index contributed by atoms with van der Waals surface area (Å²) < 4.78 is 12.6. The van der Waals surface area contributed by atoms with Crippen LogP contribution in [0.4, 0.5) is 0 Å². The summed E-state index contributed by atoms with van der Waals surface area (Å²) in [6, 6.07) is 7.42. The molecule has 0 saturated carbocycles. The fourth-order valence-corrected chi connectivity index (χ4v) is 5.12. The Labute approximate surface area is 201 Å². The van der Waals surface area contributed by atoms with E-state index in [9.17, 15) is 9.59 Å². The number of benzene rings is 1. The molecule has 8 heteroatoms. The number of nitrogens with zero attached hydrogens (tertiary/aromatic N) is 4. The first-order valence-electron chi connectivity index (χ1n) is 12.3. The molecular formula is C26H36N4O4. The highest BCUT2D eigenvalue weighted by Gasteiger charge is 2.28. The van der Waals surface area contributed by atoms with Crippen LogP contribution in [-0.2, 0) is 9.47 Å². The first kappa shape index (κ1) is 24.4. The van der Waals surface area contributed by atoms with Crippen molar-refractivity contribution in [1.29, 1.82) is 0 Å². The normalized spacial score (nSPS) is 22.1. The number of hydrogen-bond donors (Lipinski definition) is 0. The second kappa shape index (κ2) is 10.7. The second-order valence-corrected chi connectivity index (χ2v) is 9.53. The Hall–Kier alpha value is -2.71. The number of likely N-dealkylation sites (tertiary alicyclic amines) is 1. The van der Waals surface area contributed by atoms with Gasteiger partial charge in [-0.3, -0.25) is 9.69 Å². The Morgan fingerprint density at radius 1 is 1.09 bits per heavy atom. The van der Waals surface area contributed by atoms with Gasteiger partial charge in [0.25, 0.3) is 5.91 Å². The number of ether oxygens (including phenoxy) is 2. The van der Waals surface area contributed by atoms with E-state index in [1.165, 1.54) is 6.20 Å². The summed E-state index contributed by atoms with van der Waals surface area (Å²) in [6.45, 7) is 12.9. The Morgan fingerprint density at radius 2 is 1.74 bits per heavy atom. The lowest BCUT2D eigenvalue weighted by Crippen LogP contribution is -2.48. The highest BCUT2D eigenvalue weighted by atomic mass is 16.5. The second-order valence-electron chi connectivity index (χ2n) is 9.53. The van der Waals surface area contributed by atoms with Gasteiger partial charge < -0.3 is 14.4 Å². The van der Waals surface area contributed by atoms with Gasteiger partial charge in [-0.2, -0.15) is 5.10 Å². The molecule has 2 aromatic rings. The van der Waals surface area contributed by atoms with Gasteiger partial charge in [0.15, 0.2) is 0 Å². The Balaban J connectivity index is 1.33. The average Bonchev–Trinajstić information content (AvgIpc) is 3.20. The van der Waals surface area contributed by atoms with Gasteiger partial charge in [-0.1, -0.05) is 0 Å². The van der Waals surface area contributed by atoms with Crippen molar-refractivity contribution in [3.8, 4) is 5.69 Å². The summed E-state index contributed by atoms with van der Waals surface area (Å²) in [6.07, 6.45) is 4.17. The third-order valence-corrected chi connectivity index (χ3v) is 6.78. The van der Waals surface area contributed by atoms with Crippen molar-refractivity contribution in [3.63, 3.8) is 0 Å². The van der Waals surface area contributed by atoms with Gasteiger partial charge >= 0.3 is 5.97 Å². The number of aromatic nitrogens is 2. The molecule has 1 aromatic heterocycles. The van der Waals surface area contributed by atoms with Gasteiger partial charge in [0.1, 0.15) is 5.56 Å². The molecule has 2 atom stereocenters. The predicted molar refractivity (Wildman–Crippen MR) is 129 cm³/mol. The van der Waals surface area contributed by atoms with Gasteiger partial charge in [0.05, 0.1) is 36.4 Å². The lowest BCUT2D eigenvalue weighted by Gasteiger charge is -2.39. The molecule has 184 valence electrons. The molecule has 0 bridgehead atoms. The molecule has 2 saturated heterocycles. The molecule has 2 aliphatic rings. The molecule has 1 amide bonds. The molecule has 1 aromatic carbocycles. The van der Waals surface area contributed by atoms with Crippen molar-refractivity contribution >= 4 is 11.9 Å². The topological polar surface area (TPSA) is 76.9 Å². The van der Waals surface area contributed by atoms with E-state index in [1.807, 2.05) is 36.1 Å². The fourth-order valence-electron chi connectivity index (χ4n) is 5.12. The molecule has 4 rings (SSSR count). The SMILES string of the molecule is CCOC(=O)c1cnn(-c2ccc(C(=O)N3CCC(CN4CC(C)OC(C)C4)CC3)cc2)c1C. The van der Waals surface area contributed by atoms with E-state index >= 15 is 0 Å². The molecule has 3 heterocycles. The Morgan fingerprint density at radius 3 is 2.35 bits per heavy atom. The summed E-state index contributed by atoms with van der Waals surface area (Å²) in [5.41, 5.74) is 2.64. The van der Waals surface area contributed by atoms with E-state index in [1.54, 1.807) is 11.6 Å². The predicted octanol–water partition coefficient (Wildman–Crippen LogP) is 3.32. The van der Waals surface area contributed by atoms with Gasteiger partial charge in [0, 0.05) is 38.3 Å². The minimum atomic E-state index is -0.376. The Kier molecular flexibility index (Phi) is 7.68. The van der Waals surface area contributed by atoms with Gasteiger partial charge in [-0.05, 0) is 70.7 Å². The molecule has 2 aliphatic heterocycles. The first-order valence-corrected chi connectivity index (χ1v) is 12.3. The molecular weight excluding hydrogens is 432 g/mol. The smallest absolute Gasteiger partial charge is 0.341 e. The van der Waals surface area contributed by atoms with E-state index in [0.29, 0.717) is 29.3 Å². The lowest BCUT2D eigenvalue weighted by molar-refractivity contribution is -0.0728. The molecule has 0 radical (unpaired) electrons. The summed E-state index contributed by atoms with van der Waals surface area (Å²) >= 11 is 0. The summed E-state index contributed by atoms with van der Waals surface area (Å²) in [5.74, 6) is 0.322. The number of carbonyl (C=O) groups is 2.